The average Bonchev–Trinajstić information content (AvgIpc) is 3.02. The SMILES string of the molecule is CC(=O)N1CCN(c2ccc(C(=O)[N+]3([O-])CCCCC(c4ccccc4)S3)cc2F)CC1. The van der Waals surface area contributed by atoms with Crippen molar-refractivity contribution < 1.29 is 18.0 Å². The number of carbonyl (C=O) groups is 2. The van der Waals surface area contributed by atoms with Gasteiger partial charge in [0.15, 0.2) is 0 Å². The van der Waals surface area contributed by atoms with Crippen LogP contribution in [0.2, 0.25) is 0 Å². The van der Waals surface area contributed by atoms with E-state index in [1.165, 1.54) is 13.0 Å². The molecular formula is C24H28FN3O3S. The van der Waals surface area contributed by atoms with Gasteiger partial charge >= 0.3 is 5.91 Å². The predicted molar refractivity (Wildman–Crippen MR) is 124 cm³/mol. The maximum absolute atomic E-state index is 15.0. The van der Waals surface area contributed by atoms with Crippen molar-refractivity contribution in [2.45, 2.75) is 31.4 Å². The van der Waals surface area contributed by atoms with Gasteiger partial charge in [-0.2, -0.15) is 0 Å². The minimum atomic E-state index is -1.03. The smallest absolute Gasteiger partial charge is 0.357 e. The Morgan fingerprint density at radius 1 is 1.06 bits per heavy atom. The Morgan fingerprint density at radius 2 is 1.78 bits per heavy atom. The molecule has 2 heterocycles. The van der Waals surface area contributed by atoms with Crippen molar-refractivity contribution >= 4 is 29.4 Å². The van der Waals surface area contributed by atoms with E-state index >= 15 is 0 Å². The van der Waals surface area contributed by atoms with Gasteiger partial charge in [0.2, 0.25) is 5.91 Å². The van der Waals surface area contributed by atoms with Crippen LogP contribution in [0.1, 0.15) is 47.4 Å². The highest BCUT2D eigenvalue weighted by Gasteiger charge is 2.37. The number of nitrogens with zero attached hydrogens (tertiary/aromatic N) is 3. The maximum atomic E-state index is 15.0. The van der Waals surface area contributed by atoms with Gasteiger partial charge in [0.25, 0.3) is 0 Å². The maximum Gasteiger partial charge on any atom is 0.357 e. The molecule has 0 aliphatic carbocycles. The third-order valence-corrected chi connectivity index (χ3v) is 7.66. The van der Waals surface area contributed by atoms with Crippen LogP contribution in [0.25, 0.3) is 0 Å². The van der Waals surface area contributed by atoms with E-state index in [-0.39, 0.29) is 23.3 Å². The molecular weight excluding hydrogens is 429 g/mol. The lowest BCUT2D eigenvalue weighted by Gasteiger charge is -2.38. The van der Waals surface area contributed by atoms with Crippen molar-refractivity contribution in [2.24, 2.45) is 0 Å². The van der Waals surface area contributed by atoms with Crippen LogP contribution in [0, 0.1) is 11.0 Å². The number of rotatable bonds is 3. The fraction of sp³-hybridized carbons (Fsp3) is 0.417. The Labute approximate surface area is 192 Å². The van der Waals surface area contributed by atoms with Crippen molar-refractivity contribution in [1.82, 2.24) is 4.90 Å². The predicted octanol–water partition coefficient (Wildman–Crippen LogP) is 4.52. The summed E-state index contributed by atoms with van der Waals surface area (Å²) in [6, 6.07) is 14.1. The number of piperazine rings is 1. The first-order valence-electron chi connectivity index (χ1n) is 11.0. The molecule has 2 atom stereocenters. The van der Waals surface area contributed by atoms with Crippen LogP contribution in [0.3, 0.4) is 0 Å². The molecule has 0 bridgehead atoms. The molecule has 2 aliphatic heterocycles. The van der Waals surface area contributed by atoms with E-state index in [1.807, 2.05) is 35.2 Å². The van der Waals surface area contributed by atoms with E-state index in [0.29, 0.717) is 38.3 Å². The highest BCUT2D eigenvalue weighted by molar-refractivity contribution is 7.94. The summed E-state index contributed by atoms with van der Waals surface area (Å²) in [4.78, 5) is 28.3. The van der Waals surface area contributed by atoms with Crippen molar-refractivity contribution in [1.29, 1.82) is 0 Å². The molecule has 0 spiro atoms. The van der Waals surface area contributed by atoms with Gasteiger partial charge in [0, 0.05) is 33.1 Å². The highest BCUT2D eigenvalue weighted by Crippen LogP contribution is 2.44. The Kier molecular flexibility index (Phi) is 6.83. The van der Waals surface area contributed by atoms with Crippen LogP contribution in [0.15, 0.2) is 48.5 Å². The Bertz CT molecular complexity index is 982. The second kappa shape index (κ2) is 9.60. The van der Waals surface area contributed by atoms with Crippen LogP contribution in [-0.4, -0.2) is 53.5 Å². The van der Waals surface area contributed by atoms with E-state index in [2.05, 4.69) is 0 Å². The van der Waals surface area contributed by atoms with Crippen molar-refractivity contribution in [3.63, 3.8) is 0 Å². The summed E-state index contributed by atoms with van der Waals surface area (Å²) in [5.41, 5.74) is 1.54. The molecule has 0 aromatic heterocycles. The van der Waals surface area contributed by atoms with Crippen LogP contribution < -0.4 is 4.90 Å². The Hall–Kier alpha value is -2.42. The fourth-order valence-corrected chi connectivity index (χ4v) is 5.76. The second-order valence-corrected chi connectivity index (χ2v) is 9.73. The summed E-state index contributed by atoms with van der Waals surface area (Å²) >= 11 is 1.11. The lowest BCUT2D eigenvalue weighted by Crippen LogP contribution is -2.48. The molecule has 2 unspecified atom stereocenters. The Balaban J connectivity index is 1.51. The van der Waals surface area contributed by atoms with Gasteiger partial charge in [0.1, 0.15) is 5.82 Å². The quantitative estimate of drug-likeness (QED) is 0.385. The van der Waals surface area contributed by atoms with Crippen LogP contribution in [0.5, 0.6) is 0 Å². The third kappa shape index (κ3) is 4.82. The van der Waals surface area contributed by atoms with Gasteiger partial charge in [0.05, 0.1) is 35.0 Å². The molecule has 2 fully saturated rings. The van der Waals surface area contributed by atoms with Gasteiger partial charge in [-0.25, -0.2) is 13.2 Å². The first kappa shape index (κ1) is 22.8. The molecule has 0 saturated carbocycles. The molecule has 8 heteroatoms. The second-order valence-electron chi connectivity index (χ2n) is 8.36. The average molecular weight is 458 g/mol. The summed E-state index contributed by atoms with van der Waals surface area (Å²) in [5, 5.41) is 13.5. The van der Waals surface area contributed by atoms with Gasteiger partial charge in [-0.05, 0) is 43.0 Å². The summed E-state index contributed by atoms with van der Waals surface area (Å²) in [7, 11) is 0. The molecule has 2 saturated heterocycles. The minimum absolute atomic E-state index is 0.0132. The highest BCUT2D eigenvalue weighted by atomic mass is 32.2. The zero-order chi connectivity index (χ0) is 22.7. The summed E-state index contributed by atoms with van der Waals surface area (Å²) in [6.45, 7) is 3.84. The largest absolute Gasteiger partial charge is 0.612 e. The van der Waals surface area contributed by atoms with E-state index in [4.69, 9.17) is 0 Å². The lowest BCUT2D eigenvalue weighted by molar-refractivity contribution is -0.650. The molecule has 2 aromatic carbocycles. The van der Waals surface area contributed by atoms with Gasteiger partial charge in [-0.3, -0.25) is 4.79 Å². The van der Waals surface area contributed by atoms with E-state index < -0.39 is 15.8 Å². The summed E-state index contributed by atoms with van der Waals surface area (Å²) in [6.07, 6.45) is 2.37. The van der Waals surface area contributed by atoms with Gasteiger partial charge < -0.3 is 15.0 Å². The van der Waals surface area contributed by atoms with E-state index in [9.17, 15) is 19.2 Å². The standard InChI is InChI=1S/C24H28FN3O3S/c1-18(29)26-12-14-27(15-13-26)22-11-10-20(17-21(22)25)24(30)28(31)16-6-5-9-23(32-28)19-7-3-2-4-8-19/h2-4,7-8,10-11,17,23H,5-6,9,12-16H2,1H3. The van der Waals surface area contributed by atoms with Crippen LogP contribution in [0.4, 0.5) is 10.1 Å². The monoisotopic (exact) mass is 457 g/mol. The lowest BCUT2D eigenvalue weighted by atomic mass is 10.1. The van der Waals surface area contributed by atoms with Crippen molar-refractivity contribution in [2.75, 3.05) is 37.6 Å². The topological polar surface area (TPSA) is 63.7 Å². The third-order valence-electron chi connectivity index (χ3n) is 6.21. The molecule has 4 rings (SSSR count). The summed E-state index contributed by atoms with van der Waals surface area (Å²) in [5.74, 6) is -1.11. The minimum Gasteiger partial charge on any atom is -0.612 e. The molecule has 0 radical (unpaired) electrons. The van der Waals surface area contributed by atoms with Crippen LogP contribution >= 0.6 is 11.9 Å². The first-order valence-corrected chi connectivity index (χ1v) is 11.9. The zero-order valence-corrected chi connectivity index (χ0v) is 19.0. The van der Waals surface area contributed by atoms with Gasteiger partial charge in [-0.15, -0.1) is 0 Å². The summed E-state index contributed by atoms with van der Waals surface area (Å²) < 4.78 is 13.9. The Morgan fingerprint density at radius 3 is 2.44 bits per heavy atom. The number of hydroxylamine groups is 2. The number of hydrogen-bond donors (Lipinski definition) is 0. The molecule has 6 nitrogen and oxygen atoms in total. The number of halogens is 1. The van der Waals surface area contributed by atoms with E-state index in [0.717, 1.165) is 30.4 Å². The van der Waals surface area contributed by atoms with Crippen LogP contribution in [-0.2, 0) is 4.79 Å². The van der Waals surface area contributed by atoms with E-state index in [1.54, 1.807) is 17.0 Å². The molecule has 170 valence electrons. The molecule has 32 heavy (non-hydrogen) atoms. The van der Waals surface area contributed by atoms with Crippen molar-refractivity contribution in [3.05, 3.63) is 70.7 Å². The number of anilines is 1. The number of quaternary nitrogens is 1. The molecule has 0 N–H and O–H groups in total. The zero-order valence-electron chi connectivity index (χ0n) is 18.2. The molecule has 2 aliphatic rings. The molecule has 2 amide bonds. The number of benzene rings is 2. The fourth-order valence-electron chi connectivity index (χ4n) is 4.36. The molecule has 2 aromatic rings. The van der Waals surface area contributed by atoms with Crippen molar-refractivity contribution in [3.8, 4) is 0 Å². The number of amides is 2. The van der Waals surface area contributed by atoms with Gasteiger partial charge in [-0.1, -0.05) is 30.3 Å². The first-order chi connectivity index (χ1) is 15.4. The normalized spacial score (nSPS) is 24.2. The number of hydrogen-bond acceptors (Lipinski definition) is 5. The number of carbonyl (C=O) groups excluding carboxylic acids is 2.